The number of pyridine rings is 1. The molecule has 1 unspecified atom stereocenters. The molecule has 2 aromatic rings. The Labute approximate surface area is 138 Å². The van der Waals surface area contributed by atoms with Gasteiger partial charge in [-0.25, -0.2) is 4.98 Å². The van der Waals surface area contributed by atoms with E-state index in [0.717, 1.165) is 6.42 Å². The lowest BCUT2D eigenvalue weighted by molar-refractivity contribution is -0.384. The van der Waals surface area contributed by atoms with Crippen molar-refractivity contribution in [1.82, 2.24) is 4.98 Å². The Morgan fingerprint density at radius 3 is 2.71 bits per heavy atom. The first-order valence-corrected chi connectivity index (χ1v) is 8.01. The van der Waals surface area contributed by atoms with Gasteiger partial charge in [0.25, 0.3) is 0 Å². The van der Waals surface area contributed by atoms with Gasteiger partial charge in [0.15, 0.2) is 0 Å². The number of carboxylic acid groups (broad SMARTS) is 1. The van der Waals surface area contributed by atoms with Crippen LogP contribution in [0.1, 0.15) is 32.6 Å². The number of nitrogens with one attached hydrogen (secondary N) is 1. The number of aliphatic carboxylic acids is 1. The minimum Gasteiger partial charge on any atom is -0.481 e. The van der Waals surface area contributed by atoms with Crippen LogP contribution in [-0.2, 0) is 4.79 Å². The van der Waals surface area contributed by atoms with E-state index in [2.05, 4.69) is 10.3 Å². The van der Waals surface area contributed by atoms with Crippen molar-refractivity contribution in [3.63, 3.8) is 0 Å². The van der Waals surface area contributed by atoms with Gasteiger partial charge in [0.1, 0.15) is 11.9 Å². The standard InChI is InChI=1S/C17H19N3O4/c1-2-14(17(16(21)22)8-5-9-17)19-15-11-6-3-4-7-12(11)18-10-13(15)20(23)24/h3-4,6-7,10,14H,2,5,8-9H2,1H3,(H,18,19)(H,21,22). The van der Waals surface area contributed by atoms with Gasteiger partial charge in [-0.2, -0.15) is 0 Å². The van der Waals surface area contributed by atoms with Gasteiger partial charge in [-0.1, -0.05) is 31.5 Å². The van der Waals surface area contributed by atoms with Crippen LogP contribution in [-0.4, -0.2) is 27.0 Å². The normalized spacial score (nSPS) is 17.0. The lowest BCUT2D eigenvalue weighted by Crippen LogP contribution is -2.51. The number of para-hydroxylation sites is 1. The number of aromatic nitrogens is 1. The van der Waals surface area contributed by atoms with Crippen LogP contribution in [0.3, 0.4) is 0 Å². The average Bonchev–Trinajstić information content (AvgIpc) is 2.52. The van der Waals surface area contributed by atoms with Gasteiger partial charge in [0.05, 0.1) is 15.9 Å². The molecule has 2 N–H and O–H groups in total. The Morgan fingerprint density at radius 1 is 1.46 bits per heavy atom. The number of rotatable bonds is 6. The topological polar surface area (TPSA) is 105 Å². The first-order chi connectivity index (χ1) is 11.5. The predicted molar refractivity (Wildman–Crippen MR) is 90.0 cm³/mol. The number of carbonyl (C=O) groups is 1. The van der Waals surface area contributed by atoms with Gasteiger partial charge in [-0.3, -0.25) is 14.9 Å². The van der Waals surface area contributed by atoms with Crippen LogP contribution in [0.4, 0.5) is 11.4 Å². The maximum absolute atomic E-state index is 11.8. The molecule has 0 saturated heterocycles. The van der Waals surface area contributed by atoms with Crippen molar-refractivity contribution in [1.29, 1.82) is 0 Å². The molecule has 1 fully saturated rings. The number of benzene rings is 1. The molecule has 3 rings (SSSR count). The predicted octanol–water partition coefficient (Wildman–Crippen LogP) is 3.59. The fourth-order valence-electron chi connectivity index (χ4n) is 3.50. The smallest absolute Gasteiger partial charge is 0.311 e. The molecule has 1 heterocycles. The molecule has 1 aliphatic carbocycles. The third-order valence-corrected chi connectivity index (χ3v) is 5.02. The molecule has 0 aliphatic heterocycles. The minimum absolute atomic E-state index is 0.132. The van der Waals surface area contributed by atoms with Gasteiger partial charge >= 0.3 is 11.7 Å². The monoisotopic (exact) mass is 329 g/mol. The maximum atomic E-state index is 11.8. The molecule has 126 valence electrons. The van der Waals surface area contributed by atoms with Crippen LogP contribution in [0.5, 0.6) is 0 Å². The first kappa shape index (κ1) is 16.2. The highest BCUT2D eigenvalue weighted by Crippen LogP contribution is 2.47. The van der Waals surface area contributed by atoms with Crippen molar-refractivity contribution in [3.05, 3.63) is 40.6 Å². The van der Waals surface area contributed by atoms with Crippen LogP contribution in [0.15, 0.2) is 30.5 Å². The Balaban J connectivity index is 2.09. The van der Waals surface area contributed by atoms with Crippen molar-refractivity contribution in [2.24, 2.45) is 5.41 Å². The quantitative estimate of drug-likeness (QED) is 0.620. The molecule has 1 atom stereocenters. The van der Waals surface area contributed by atoms with Gasteiger partial charge in [-0.05, 0) is 25.3 Å². The van der Waals surface area contributed by atoms with Crippen molar-refractivity contribution >= 4 is 28.2 Å². The number of hydrogen-bond donors (Lipinski definition) is 2. The van der Waals surface area contributed by atoms with Crippen molar-refractivity contribution in [3.8, 4) is 0 Å². The summed E-state index contributed by atoms with van der Waals surface area (Å²) < 4.78 is 0. The summed E-state index contributed by atoms with van der Waals surface area (Å²) in [7, 11) is 0. The molecule has 1 saturated carbocycles. The second-order valence-electron chi connectivity index (χ2n) is 6.21. The third kappa shape index (κ3) is 2.46. The van der Waals surface area contributed by atoms with E-state index in [1.165, 1.54) is 6.20 Å². The van der Waals surface area contributed by atoms with E-state index in [4.69, 9.17) is 0 Å². The van der Waals surface area contributed by atoms with E-state index < -0.39 is 16.3 Å². The van der Waals surface area contributed by atoms with E-state index in [9.17, 15) is 20.0 Å². The van der Waals surface area contributed by atoms with Crippen LogP contribution in [0.2, 0.25) is 0 Å². The molecule has 7 nitrogen and oxygen atoms in total. The number of anilines is 1. The van der Waals surface area contributed by atoms with E-state index >= 15 is 0 Å². The van der Waals surface area contributed by atoms with Crippen molar-refractivity contribution in [2.45, 2.75) is 38.6 Å². The van der Waals surface area contributed by atoms with Crippen molar-refractivity contribution < 1.29 is 14.8 Å². The highest BCUT2D eigenvalue weighted by molar-refractivity contribution is 5.96. The van der Waals surface area contributed by atoms with E-state index in [-0.39, 0.29) is 11.7 Å². The highest BCUT2D eigenvalue weighted by Gasteiger charge is 2.50. The average molecular weight is 329 g/mol. The Bertz CT molecular complexity index is 802. The fourth-order valence-corrected chi connectivity index (χ4v) is 3.50. The molecule has 1 aromatic carbocycles. The molecule has 24 heavy (non-hydrogen) atoms. The largest absolute Gasteiger partial charge is 0.481 e. The zero-order chi connectivity index (χ0) is 17.3. The zero-order valence-electron chi connectivity index (χ0n) is 13.4. The second kappa shape index (κ2) is 6.07. The van der Waals surface area contributed by atoms with E-state index in [1.807, 2.05) is 13.0 Å². The van der Waals surface area contributed by atoms with Crippen LogP contribution in [0, 0.1) is 15.5 Å². The summed E-state index contributed by atoms with van der Waals surface area (Å²) in [5.74, 6) is -0.839. The Morgan fingerprint density at radius 2 is 2.17 bits per heavy atom. The fraction of sp³-hybridized carbons (Fsp3) is 0.412. The zero-order valence-corrected chi connectivity index (χ0v) is 13.4. The summed E-state index contributed by atoms with van der Waals surface area (Å²) in [4.78, 5) is 26.8. The van der Waals surface area contributed by atoms with Gasteiger partial charge in [0, 0.05) is 11.4 Å². The number of nitro groups is 1. The molecule has 0 bridgehead atoms. The summed E-state index contributed by atoms with van der Waals surface area (Å²) in [5, 5.41) is 24.9. The molecule has 0 amide bonds. The SMILES string of the molecule is CCC(Nc1c([N+](=O)[O-])cnc2ccccc12)C1(C(=O)O)CCC1. The van der Waals surface area contributed by atoms with E-state index in [1.54, 1.807) is 18.2 Å². The number of hydrogen-bond acceptors (Lipinski definition) is 5. The molecule has 7 heteroatoms. The molecular weight excluding hydrogens is 310 g/mol. The number of carboxylic acids is 1. The third-order valence-electron chi connectivity index (χ3n) is 5.02. The number of fused-ring (bicyclic) bond motifs is 1. The van der Waals surface area contributed by atoms with E-state index in [0.29, 0.717) is 35.9 Å². The molecular formula is C17H19N3O4. The van der Waals surface area contributed by atoms with Gasteiger partial charge in [-0.15, -0.1) is 0 Å². The van der Waals surface area contributed by atoms with Crippen LogP contribution >= 0.6 is 0 Å². The minimum atomic E-state index is -0.854. The number of nitrogens with zero attached hydrogens (tertiary/aromatic N) is 2. The van der Waals surface area contributed by atoms with Crippen LogP contribution < -0.4 is 5.32 Å². The summed E-state index contributed by atoms with van der Waals surface area (Å²) in [6.45, 7) is 1.90. The van der Waals surface area contributed by atoms with Gasteiger partial charge in [0.2, 0.25) is 0 Å². The molecule has 1 aromatic heterocycles. The summed E-state index contributed by atoms with van der Waals surface area (Å²) in [6, 6.07) is 6.77. The lowest BCUT2D eigenvalue weighted by atomic mass is 9.63. The van der Waals surface area contributed by atoms with Crippen LogP contribution in [0.25, 0.3) is 10.9 Å². The summed E-state index contributed by atoms with van der Waals surface area (Å²) >= 11 is 0. The lowest BCUT2D eigenvalue weighted by Gasteiger charge is -2.44. The van der Waals surface area contributed by atoms with Crippen molar-refractivity contribution in [2.75, 3.05) is 5.32 Å². The maximum Gasteiger partial charge on any atom is 0.311 e. The molecule has 0 radical (unpaired) electrons. The van der Waals surface area contributed by atoms with Gasteiger partial charge < -0.3 is 10.4 Å². The summed E-state index contributed by atoms with van der Waals surface area (Å²) in [6.07, 6.45) is 3.84. The Hall–Kier alpha value is -2.70. The molecule has 0 spiro atoms. The summed E-state index contributed by atoms with van der Waals surface area (Å²) in [5.41, 5.74) is 0.00270. The molecule has 1 aliphatic rings. The Kier molecular flexibility index (Phi) is 4.09. The first-order valence-electron chi connectivity index (χ1n) is 8.01. The second-order valence-corrected chi connectivity index (χ2v) is 6.21. The highest BCUT2D eigenvalue weighted by atomic mass is 16.6.